The molecule has 0 unspecified atom stereocenters. The molecule has 4 nitrogen and oxygen atoms in total. The minimum absolute atomic E-state index is 0.108. The van der Waals surface area contributed by atoms with E-state index in [9.17, 15) is 4.79 Å². The van der Waals surface area contributed by atoms with Crippen molar-refractivity contribution in [3.05, 3.63) is 65.2 Å². The van der Waals surface area contributed by atoms with E-state index in [1.54, 1.807) is 32.4 Å². The molecular formula is C22H26O4. The second-order valence-electron chi connectivity index (χ2n) is 7.00. The molecule has 0 N–H and O–H groups in total. The third-order valence-electron chi connectivity index (χ3n) is 4.02. The van der Waals surface area contributed by atoms with E-state index in [4.69, 9.17) is 14.2 Å². The molecule has 138 valence electrons. The topological polar surface area (TPSA) is 44.8 Å². The summed E-state index contributed by atoms with van der Waals surface area (Å²) >= 11 is 0. The molecule has 0 radical (unpaired) electrons. The molecule has 2 aromatic rings. The van der Waals surface area contributed by atoms with Gasteiger partial charge in [-0.15, -0.1) is 0 Å². The predicted molar refractivity (Wildman–Crippen MR) is 104 cm³/mol. The molecule has 2 aromatic carbocycles. The van der Waals surface area contributed by atoms with E-state index in [-0.39, 0.29) is 18.0 Å². The molecular weight excluding hydrogens is 328 g/mol. The Hall–Kier alpha value is -2.75. The normalized spacial score (nSPS) is 11.4. The standard InChI is InChI=1S/C22H26O4/c1-22(2,3)18-10-6-17(7-11-18)15-26-21(23)13-9-16-8-12-19(24-4)20(14-16)25-5/h6-14H,15H2,1-5H3/b13-9+. The van der Waals surface area contributed by atoms with E-state index < -0.39 is 0 Å². The molecule has 0 saturated carbocycles. The predicted octanol–water partition coefficient (Wildman–Crippen LogP) is 4.76. The second kappa shape index (κ2) is 8.56. The van der Waals surface area contributed by atoms with Crippen molar-refractivity contribution in [3.8, 4) is 11.5 Å². The molecule has 0 spiro atoms. The molecule has 0 fully saturated rings. The molecule has 0 heterocycles. The van der Waals surface area contributed by atoms with Gasteiger partial charge in [0.25, 0.3) is 0 Å². The van der Waals surface area contributed by atoms with Crippen molar-refractivity contribution in [1.82, 2.24) is 0 Å². The van der Waals surface area contributed by atoms with Crippen LogP contribution in [0.3, 0.4) is 0 Å². The van der Waals surface area contributed by atoms with Gasteiger partial charge in [-0.25, -0.2) is 4.79 Å². The molecule has 26 heavy (non-hydrogen) atoms. The first kappa shape index (κ1) is 19.6. The summed E-state index contributed by atoms with van der Waals surface area (Å²) in [5.41, 5.74) is 3.15. The highest BCUT2D eigenvalue weighted by molar-refractivity contribution is 5.87. The van der Waals surface area contributed by atoms with E-state index in [1.807, 2.05) is 18.2 Å². The van der Waals surface area contributed by atoms with Gasteiger partial charge in [-0.05, 0) is 40.3 Å². The first-order chi connectivity index (χ1) is 12.3. The summed E-state index contributed by atoms with van der Waals surface area (Å²) < 4.78 is 15.7. The van der Waals surface area contributed by atoms with E-state index in [0.717, 1.165) is 11.1 Å². The summed E-state index contributed by atoms with van der Waals surface area (Å²) in [7, 11) is 3.16. The lowest BCUT2D eigenvalue weighted by molar-refractivity contribution is -0.138. The quantitative estimate of drug-likeness (QED) is 0.554. The number of rotatable bonds is 6. The Kier molecular flexibility index (Phi) is 6.45. The number of ether oxygens (including phenoxy) is 3. The van der Waals surface area contributed by atoms with Crippen LogP contribution in [0, 0.1) is 0 Å². The van der Waals surface area contributed by atoms with Gasteiger partial charge in [0.2, 0.25) is 0 Å². The number of methoxy groups -OCH3 is 2. The van der Waals surface area contributed by atoms with Crippen molar-refractivity contribution >= 4 is 12.0 Å². The fourth-order valence-corrected chi connectivity index (χ4v) is 2.42. The summed E-state index contributed by atoms with van der Waals surface area (Å²) in [6.45, 7) is 6.75. The minimum Gasteiger partial charge on any atom is -0.493 e. The van der Waals surface area contributed by atoms with Crippen LogP contribution in [0.1, 0.15) is 37.5 Å². The van der Waals surface area contributed by atoms with E-state index in [1.165, 1.54) is 11.6 Å². The Morgan fingerprint density at radius 3 is 2.19 bits per heavy atom. The summed E-state index contributed by atoms with van der Waals surface area (Å²) in [5.74, 6) is 0.868. The van der Waals surface area contributed by atoms with Gasteiger partial charge in [0.05, 0.1) is 14.2 Å². The zero-order valence-electron chi connectivity index (χ0n) is 16.0. The highest BCUT2D eigenvalue weighted by Gasteiger charge is 2.12. The van der Waals surface area contributed by atoms with Gasteiger partial charge in [-0.3, -0.25) is 0 Å². The fourth-order valence-electron chi connectivity index (χ4n) is 2.42. The third-order valence-corrected chi connectivity index (χ3v) is 4.02. The fraction of sp³-hybridized carbons (Fsp3) is 0.318. The third kappa shape index (κ3) is 5.38. The zero-order valence-corrected chi connectivity index (χ0v) is 16.0. The van der Waals surface area contributed by atoms with Crippen molar-refractivity contribution < 1.29 is 19.0 Å². The van der Waals surface area contributed by atoms with E-state index >= 15 is 0 Å². The van der Waals surface area contributed by atoms with Gasteiger partial charge in [0.15, 0.2) is 11.5 Å². The van der Waals surface area contributed by atoms with E-state index in [2.05, 4.69) is 32.9 Å². The Balaban J connectivity index is 1.93. The Bertz CT molecular complexity index is 768. The van der Waals surface area contributed by atoms with Crippen LogP contribution in [-0.4, -0.2) is 20.2 Å². The SMILES string of the molecule is COc1ccc(/C=C/C(=O)OCc2ccc(C(C)(C)C)cc2)cc1OC. The van der Waals surface area contributed by atoms with Crippen molar-refractivity contribution in [1.29, 1.82) is 0 Å². The summed E-state index contributed by atoms with van der Waals surface area (Å²) in [5, 5.41) is 0. The Morgan fingerprint density at radius 1 is 0.962 bits per heavy atom. The van der Waals surface area contributed by atoms with Crippen LogP contribution in [-0.2, 0) is 21.6 Å². The highest BCUT2D eigenvalue weighted by Crippen LogP contribution is 2.28. The smallest absolute Gasteiger partial charge is 0.331 e. The molecule has 0 atom stereocenters. The maximum Gasteiger partial charge on any atom is 0.331 e. The summed E-state index contributed by atoms with van der Waals surface area (Å²) in [6, 6.07) is 13.6. The van der Waals surface area contributed by atoms with Crippen LogP contribution in [0.15, 0.2) is 48.5 Å². The van der Waals surface area contributed by atoms with E-state index in [0.29, 0.717) is 11.5 Å². The Labute approximate surface area is 155 Å². The largest absolute Gasteiger partial charge is 0.493 e. The Morgan fingerprint density at radius 2 is 1.62 bits per heavy atom. The van der Waals surface area contributed by atoms with Crippen molar-refractivity contribution in [2.45, 2.75) is 32.8 Å². The number of benzene rings is 2. The first-order valence-corrected chi connectivity index (χ1v) is 8.50. The number of esters is 1. The number of carbonyl (C=O) groups is 1. The van der Waals surface area contributed by atoms with Gasteiger partial charge >= 0.3 is 5.97 Å². The number of hydrogen-bond donors (Lipinski definition) is 0. The van der Waals surface area contributed by atoms with Crippen molar-refractivity contribution in [2.24, 2.45) is 0 Å². The minimum atomic E-state index is -0.389. The average molecular weight is 354 g/mol. The molecule has 0 aliphatic carbocycles. The maximum absolute atomic E-state index is 11.9. The van der Waals surface area contributed by atoms with Gasteiger partial charge in [0, 0.05) is 6.08 Å². The van der Waals surface area contributed by atoms with Gasteiger partial charge < -0.3 is 14.2 Å². The van der Waals surface area contributed by atoms with Gasteiger partial charge in [-0.2, -0.15) is 0 Å². The van der Waals surface area contributed by atoms with Crippen LogP contribution in [0.2, 0.25) is 0 Å². The van der Waals surface area contributed by atoms with Crippen LogP contribution >= 0.6 is 0 Å². The molecule has 0 bridgehead atoms. The van der Waals surface area contributed by atoms with Crippen LogP contribution in [0.4, 0.5) is 0 Å². The second-order valence-corrected chi connectivity index (χ2v) is 7.00. The lowest BCUT2D eigenvalue weighted by Gasteiger charge is -2.19. The van der Waals surface area contributed by atoms with Crippen molar-refractivity contribution in [3.63, 3.8) is 0 Å². The molecule has 0 saturated heterocycles. The lowest BCUT2D eigenvalue weighted by Crippen LogP contribution is -2.10. The maximum atomic E-state index is 11.9. The van der Waals surface area contributed by atoms with Crippen LogP contribution in [0.5, 0.6) is 11.5 Å². The first-order valence-electron chi connectivity index (χ1n) is 8.50. The lowest BCUT2D eigenvalue weighted by atomic mass is 9.87. The molecule has 4 heteroatoms. The number of hydrogen-bond acceptors (Lipinski definition) is 4. The van der Waals surface area contributed by atoms with Gasteiger partial charge in [-0.1, -0.05) is 51.1 Å². The van der Waals surface area contributed by atoms with Crippen LogP contribution < -0.4 is 9.47 Å². The van der Waals surface area contributed by atoms with Gasteiger partial charge in [0.1, 0.15) is 6.61 Å². The molecule has 0 aromatic heterocycles. The average Bonchev–Trinajstić information content (AvgIpc) is 2.64. The summed E-state index contributed by atoms with van der Waals surface area (Å²) in [6.07, 6.45) is 3.10. The monoisotopic (exact) mass is 354 g/mol. The van der Waals surface area contributed by atoms with Crippen molar-refractivity contribution in [2.75, 3.05) is 14.2 Å². The van der Waals surface area contributed by atoms with Crippen LogP contribution in [0.25, 0.3) is 6.08 Å². The molecule has 0 amide bonds. The highest BCUT2D eigenvalue weighted by atomic mass is 16.5. The molecule has 0 aliphatic heterocycles. The number of carbonyl (C=O) groups excluding carboxylic acids is 1. The zero-order chi connectivity index (χ0) is 19.2. The molecule has 2 rings (SSSR count). The summed E-state index contributed by atoms with van der Waals surface area (Å²) in [4.78, 5) is 11.9. The molecule has 0 aliphatic rings.